The summed E-state index contributed by atoms with van der Waals surface area (Å²) in [6.07, 6.45) is 1.40. The molecule has 110 valence electrons. The maximum atomic E-state index is 12.2. The molecule has 1 aromatic heterocycles. The quantitative estimate of drug-likeness (QED) is 0.801. The monoisotopic (exact) mass is 309 g/mol. The van der Waals surface area contributed by atoms with Gasteiger partial charge in [-0.05, 0) is 30.3 Å². The molecule has 0 fully saturated rings. The number of ether oxygens (including phenoxy) is 1. The van der Waals surface area contributed by atoms with E-state index in [2.05, 4.69) is 19.7 Å². The number of sulfonamides is 1. The summed E-state index contributed by atoms with van der Waals surface area (Å²) in [5.41, 5.74) is -0.250. The number of benzene rings is 1. The van der Waals surface area contributed by atoms with Gasteiger partial charge in [-0.1, -0.05) is 0 Å². The minimum atomic E-state index is -3.97. The van der Waals surface area contributed by atoms with Gasteiger partial charge in [-0.15, -0.1) is 5.10 Å². The normalized spacial score (nSPS) is 10.9. The van der Waals surface area contributed by atoms with Gasteiger partial charge in [0.25, 0.3) is 10.0 Å². The van der Waals surface area contributed by atoms with Crippen LogP contribution in [-0.4, -0.2) is 36.8 Å². The third kappa shape index (κ3) is 3.26. The van der Waals surface area contributed by atoms with E-state index in [1.165, 1.54) is 18.3 Å². The van der Waals surface area contributed by atoms with Gasteiger partial charge in [-0.3, -0.25) is 4.72 Å². The molecule has 2 N–H and O–H groups in total. The number of aromatic hydroxyl groups is 1. The van der Waals surface area contributed by atoms with Crippen molar-refractivity contribution < 1.29 is 23.1 Å². The summed E-state index contributed by atoms with van der Waals surface area (Å²) in [4.78, 5) is 11.2. The molecule has 21 heavy (non-hydrogen) atoms. The summed E-state index contributed by atoms with van der Waals surface area (Å²) in [7, 11) is -2.84. The molecule has 2 aromatic rings. The van der Waals surface area contributed by atoms with E-state index >= 15 is 0 Å². The summed E-state index contributed by atoms with van der Waals surface area (Å²) in [5.74, 6) is -1.19. The first-order valence-electron chi connectivity index (χ1n) is 5.66. The number of aromatic nitrogens is 2. The number of phenols is 1. The van der Waals surface area contributed by atoms with Gasteiger partial charge in [-0.25, -0.2) is 13.2 Å². The molecule has 0 amide bonds. The van der Waals surface area contributed by atoms with Crippen LogP contribution in [0.1, 0.15) is 10.4 Å². The molecule has 8 nitrogen and oxygen atoms in total. The number of carbonyl (C=O) groups excluding carboxylic acids is 1. The van der Waals surface area contributed by atoms with Gasteiger partial charge in [0.1, 0.15) is 11.3 Å². The number of carbonyl (C=O) groups is 1. The number of methoxy groups -OCH3 is 1. The zero-order chi connectivity index (χ0) is 15.5. The molecule has 0 spiro atoms. The molecule has 9 heteroatoms. The van der Waals surface area contributed by atoms with Crippen molar-refractivity contribution in [2.24, 2.45) is 0 Å². The van der Waals surface area contributed by atoms with E-state index in [-0.39, 0.29) is 22.0 Å². The lowest BCUT2D eigenvalue weighted by Gasteiger charge is -2.08. The Hall–Kier alpha value is -2.68. The molecule has 0 saturated heterocycles. The maximum absolute atomic E-state index is 12.2. The molecule has 0 unspecified atom stereocenters. The van der Waals surface area contributed by atoms with E-state index in [9.17, 15) is 18.3 Å². The standard InChI is InChI=1S/C12H11N3O5S/c1-20-12(17)9-7-8(4-5-10(9)16)21(18,19)15-11-3-2-6-13-14-11/h2-7,16H,1H3,(H,14,15). The lowest BCUT2D eigenvalue weighted by molar-refractivity contribution is 0.0597. The molecule has 0 aliphatic rings. The lowest BCUT2D eigenvalue weighted by atomic mass is 10.2. The largest absolute Gasteiger partial charge is 0.507 e. The van der Waals surface area contributed by atoms with Crippen molar-refractivity contribution >= 4 is 21.8 Å². The predicted molar refractivity (Wildman–Crippen MR) is 72.3 cm³/mol. The summed E-state index contributed by atoms with van der Waals surface area (Å²) in [6, 6.07) is 6.20. The Bertz CT molecular complexity index is 762. The number of hydrogen-bond donors (Lipinski definition) is 2. The molecule has 0 radical (unpaired) electrons. The molecule has 0 atom stereocenters. The highest BCUT2D eigenvalue weighted by atomic mass is 32.2. The van der Waals surface area contributed by atoms with Crippen LogP contribution in [0.5, 0.6) is 5.75 Å². The highest BCUT2D eigenvalue weighted by Crippen LogP contribution is 2.23. The Labute approximate surface area is 120 Å². The number of rotatable bonds is 4. The molecule has 0 bridgehead atoms. The molecule has 2 rings (SSSR count). The Morgan fingerprint density at radius 3 is 2.71 bits per heavy atom. The molecule has 0 saturated carbocycles. The van der Waals surface area contributed by atoms with Crippen molar-refractivity contribution in [1.82, 2.24) is 10.2 Å². The molecule has 0 aliphatic carbocycles. The first kappa shape index (κ1) is 14.7. The van der Waals surface area contributed by atoms with Crippen LogP contribution < -0.4 is 4.72 Å². The Morgan fingerprint density at radius 1 is 1.33 bits per heavy atom. The van der Waals surface area contributed by atoms with E-state index in [0.29, 0.717) is 0 Å². The third-order valence-electron chi connectivity index (χ3n) is 2.49. The molecule has 1 aromatic carbocycles. The van der Waals surface area contributed by atoms with E-state index in [1.54, 1.807) is 0 Å². The molecular weight excluding hydrogens is 298 g/mol. The zero-order valence-electron chi connectivity index (χ0n) is 10.8. The van der Waals surface area contributed by atoms with E-state index in [0.717, 1.165) is 25.3 Å². The van der Waals surface area contributed by atoms with Gasteiger partial charge in [-0.2, -0.15) is 5.10 Å². The highest BCUT2D eigenvalue weighted by molar-refractivity contribution is 7.92. The van der Waals surface area contributed by atoms with Crippen LogP contribution >= 0.6 is 0 Å². The van der Waals surface area contributed by atoms with Crippen molar-refractivity contribution in [3.05, 3.63) is 42.1 Å². The Balaban J connectivity index is 2.39. The average Bonchev–Trinajstić information content (AvgIpc) is 2.47. The van der Waals surface area contributed by atoms with E-state index < -0.39 is 16.0 Å². The Kier molecular flexibility index (Phi) is 4.03. The summed E-state index contributed by atoms with van der Waals surface area (Å²) in [6.45, 7) is 0. The van der Waals surface area contributed by atoms with Crippen molar-refractivity contribution in [2.75, 3.05) is 11.8 Å². The van der Waals surface area contributed by atoms with Gasteiger partial charge in [0.05, 0.1) is 12.0 Å². The van der Waals surface area contributed by atoms with Crippen LogP contribution in [-0.2, 0) is 14.8 Å². The topological polar surface area (TPSA) is 118 Å². The van der Waals surface area contributed by atoms with Crippen LogP contribution in [0.4, 0.5) is 5.82 Å². The number of phenolic OH excluding ortho intramolecular Hbond substituents is 1. The minimum absolute atomic E-state index is 0.0326. The van der Waals surface area contributed by atoms with Crippen LogP contribution in [0.25, 0.3) is 0 Å². The smallest absolute Gasteiger partial charge is 0.341 e. The molecule has 1 heterocycles. The van der Waals surface area contributed by atoms with Crippen LogP contribution in [0, 0.1) is 0 Å². The number of nitrogens with zero attached hydrogens (tertiary/aromatic N) is 2. The maximum Gasteiger partial charge on any atom is 0.341 e. The summed E-state index contributed by atoms with van der Waals surface area (Å²) < 4.78 is 31.0. The van der Waals surface area contributed by atoms with Gasteiger partial charge >= 0.3 is 5.97 Å². The van der Waals surface area contributed by atoms with Gasteiger partial charge in [0.2, 0.25) is 0 Å². The third-order valence-corrected chi connectivity index (χ3v) is 3.85. The van der Waals surface area contributed by atoms with Crippen LogP contribution in [0.2, 0.25) is 0 Å². The Morgan fingerprint density at radius 2 is 2.10 bits per heavy atom. The summed E-state index contributed by atoms with van der Waals surface area (Å²) in [5, 5.41) is 16.7. The summed E-state index contributed by atoms with van der Waals surface area (Å²) >= 11 is 0. The van der Waals surface area contributed by atoms with E-state index in [4.69, 9.17) is 0 Å². The number of anilines is 1. The van der Waals surface area contributed by atoms with Gasteiger partial charge < -0.3 is 9.84 Å². The SMILES string of the molecule is COC(=O)c1cc(S(=O)(=O)Nc2cccnn2)ccc1O. The first-order chi connectivity index (χ1) is 9.94. The molecular formula is C12H11N3O5S. The van der Waals surface area contributed by atoms with Crippen LogP contribution in [0.15, 0.2) is 41.4 Å². The van der Waals surface area contributed by atoms with Crippen molar-refractivity contribution in [3.63, 3.8) is 0 Å². The fraction of sp³-hybridized carbons (Fsp3) is 0.0833. The second kappa shape index (κ2) is 5.75. The number of nitrogens with one attached hydrogen (secondary N) is 1. The zero-order valence-corrected chi connectivity index (χ0v) is 11.7. The van der Waals surface area contributed by atoms with Crippen molar-refractivity contribution in [3.8, 4) is 5.75 Å². The highest BCUT2D eigenvalue weighted by Gasteiger charge is 2.20. The van der Waals surface area contributed by atoms with Crippen molar-refractivity contribution in [2.45, 2.75) is 4.90 Å². The van der Waals surface area contributed by atoms with Crippen molar-refractivity contribution in [1.29, 1.82) is 0 Å². The molecule has 0 aliphatic heterocycles. The second-order valence-corrected chi connectivity index (χ2v) is 5.57. The average molecular weight is 309 g/mol. The fourth-order valence-corrected chi connectivity index (χ4v) is 2.53. The predicted octanol–water partition coefficient (Wildman–Crippen LogP) is 0.770. The van der Waals surface area contributed by atoms with E-state index in [1.807, 2.05) is 0 Å². The minimum Gasteiger partial charge on any atom is -0.507 e. The lowest BCUT2D eigenvalue weighted by Crippen LogP contribution is -2.15. The first-order valence-corrected chi connectivity index (χ1v) is 7.14. The fourth-order valence-electron chi connectivity index (χ4n) is 1.51. The van der Waals surface area contributed by atoms with Gasteiger partial charge in [0.15, 0.2) is 5.82 Å². The number of esters is 1. The van der Waals surface area contributed by atoms with Gasteiger partial charge in [0, 0.05) is 6.20 Å². The second-order valence-electron chi connectivity index (χ2n) is 3.88. The van der Waals surface area contributed by atoms with Crippen LogP contribution in [0.3, 0.4) is 0 Å². The number of hydrogen-bond acceptors (Lipinski definition) is 7.